The van der Waals surface area contributed by atoms with Gasteiger partial charge in [-0.2, -0.15) is 0 Å². The number of nitrogens with two attached hydrogens (primary N) is 1. The molecule has 0 saturated heterocycles. The van der Waals surface area contributed by atoms with Gasteiger partial charge < -0.3 is 16.0 Å². The summed E-state index contributed by atoms with van der Waals surface area (Å²) in [6.07, 6.45) is 1.59. The fourth-order valence-corrected chi connectivity index (χ4v) is 1.30. The van der Waals surface area contributed by atoms with Crippen LogP contribution in [0.3, 0.4) is 0 Å². The molecule has 0 aliphatic heterocycles. The van der Waals surface area contributed by atoms with E-state index in [4.69, 9.17) is 5.73 Å². The van der Waals surface area contributed by atoms with Gasteiger partial charge in [0.15, 0.2) is 0 Å². The fraction of sp³-hybridized carbons (Fsp3) is 0.692. The molecule has 0 radical (unpaired) electrons. The van der Waals surface area contributed by atoms with Crippen LogP contribution in [-0.2, 0) is 0 Å². The molecule has 0 amide bonds. The molecule has 18 heavy (non-hydrogen) atoms. The lowest BCUT2D eigenvalue weighted by Gasteiger charge is -2.24. The number of aromatic nitrogens is 2. The van der Waals surface area contributed by atoms with Crippen LogP contribution in [0.1, 0.15) is 27.7 Å². The van der Waals surface area contributed by atoms with Crippen molar-refractivity contribution >= 4 is 11.6 Å². The van der Waals surface area contributed by atoms with Crippen LogP contribution in [0.5, 0.6) is 0 Å². The smallest absolute Gasteiger partial charge is 0.134 e. The third-order valence-corrected chi connectivity index (χ3v) is 3.09. The summed E-state index contributed by atoms with van der Waals surface area (Å²) in [4.78, 5) is 10.6. The quantitative estimate of drug-likeness (QED) is 0.806. The highest BCUT2D eigenvalue weighted by Gasteiger charge is 2.15. The first kappa shape index (κ1) is 14.7. The molecule has 1 aromatic rings. The molecule has 0 aliphatic rings. The van der Waals surface area contributed by atoms with Gasteiger partial charge in [-0.05, 0) is 25.8 Å². The number of rotatable bonds is 6. The maximum absolute atomic E-state index is 5.71. The summed E-state index contributed by atoms with van der Waals surface area (Å²) in [5, 5.41) is 3.31. The van der Waals surface area contributed by atoms with Crippen LogP contribution in [0.4, 0.5) is 11.6 Å². The first-order chi connectivity index (χ1) is 8.35. The third kappa shape index (κ3) is 4.14. The van der Waals surface area contributed by atoms with Crippen molar-refractivity contribution in [1.82, 2.24) is 9.97 Å². The van der Waals surface area contributed by atoms with Crippen molar-refractivity contribution < 1.29 is 0 Å². The predicted octanol–water partition coefficient (Wildman–Crippen LogP) is 1.72. The summed E-state index contributed by atoms with van der Waals surface area (Å²) in [6.45, 7) is 9.96. The van der Waals surface area contributed by atoms with Gasteiger partial charge in [-0.3, -0.25) is 0 Å². The van der Waals surface area contributed by atoms with Crippen LogP contribution in [0.25, 0.3) is 0 Å². The molecule has 1 heterocycles. The monoisotopic (exact) mass is 251 g/mol. The van der Waals surface area contributed by atoms with E-state index in [1.54, 1.807) is 6.33 Å². The second-order valence-electron chi connectivity index (χ2n) is 5.69. The summed E-state index contributed by atoms with van der Waals surface area (Å²) in [6, 6.07) is 2.38. The molecule has 5 nitrogen and oxygen atoms in total. The Balaban J connectivity index is 2.71. The van der Waals surface area contributed by atoms with Crippen molar-refractivity contribution in [2.45, 2.75) is 33.7 Å². The maximum atomic E-state index is 5.71. The highest BCUT2D eigenvalue weighted by Crippen LogP contribution is 2.17. The molecule has 0 aliphatic carbocycles. The summed E-state index contributed by atoms with van der Waals surface area (Å²) in [5.74, 6) is 1.77. The Morgan fingerprint density at radius 1 is 1.39 bits per heavy atom. The van der Waals surface area contributed by atoms with E-state index in [1.807, 2.05) is 13.1 Å². The summed E-state index contributed by atoms with van der Waals surface area (Å²) in [7, 11) is 2.03. The van der Waals surface area contributed by atoms with Gasteiger partial charge in [0.2, 0.25) is 0 Å². The van der Waals surface area contributed by atoms with E-state index in [0.29, 0.717) is 12.6 Å². The van der Waals surface area contributed by atoms with E-state index in [2.05, 4.69) is 47.9 Å². The molecule has 0 unspecified atom stereocenters. The van der Waals surface area contributed by atoms with Crippen LogP contribution in [0.15, 0.2) is 12.4 Å². The second-order valence-corrected chi connectivity index (χ2v) is 5.69. The van der Waals surface area contributed by atoms with Gasteiger partial charge >= 0.3 is 0 Å². The molecule has 5 heteroatoms. The first-order valence-electron chi connectivity index (χ1n) is 6.34. The molecular formula is C13H25N5. The normalized spacial score (nSPS) is 11.7. The molecule has 3 N–H and O–H groups in total. The van der Waals surface area contributed by atoms with Crippen molar-refractivity contribution in [2.75, 3.05) is 30.4 Å². The Labute approximate surface area is 110 Å². The largest absolute Gasteiger partial charge is 0.369 e. The van der Waals surface area contributed by atoms with Crippen molar-refractivity contribution in [3.05, 3.63) is 12.4 Å². The zero-order valence-corrected chi connectivity index (χ0v) is 12.1. The lowest BCUT2D eigenvalue weighted by molar-refractivity contribution is 0.405. The maximum Gasteiger partial charge on any atom is 0.134 e. The summed E-state index contributed by atoms with van der Waals surface area (Å²) >= 11 is 0. The Hall–Kier alpha value is -1.36. The van der Waals surface area contributed by atoms with E-state index >= 15 is 0 Å². The average molecular weight is 251 g/mol. The van der Waals surface area contributed by atoms with Crippen LogP contribution < -0.4 is 16.0 Å². The summed E-state index contributed by atoms with van der Waals surface area (Å²) < 4.78 is 0. The van der Waals surface area contributed by atoms with Crippen molar-refractivity contribution in [3.63, 3.8) is 0 Å². The molecule has 0 aromatic carbocycles. The minimum atomic E-state index is 0.0645. The number of hydrogen-bond acceptors (Lipinski definition) is 5. The number of anilines is 2. The number of nitrogens with one attached hydrogen (secondary N) is 1. The van der Waals surface area contributed by atoms with Crippen LogP contribution in [0, 0.1) is 5.41 Å². The molecular weight excluding hydrogens is 226 g/mol. The molecule has 0 atom stereocenters. The van der Waals surface area contributed by atoms with Crippen LogP contribution in [0.2, 0.25) is 0 Å². The molecule has 0 spiro atoms. The summed E-state index contributed by atoms with van der Waals surface area (Å²) in [5.41, 5.74) is 5.77. The van der Waals surface area contributed by atoms with Gasteiger partial charge in [0.05, 0.1) is 0 Å². The Morgan fingerprint density at radius 3 is 2.61 bits per heavy atom. The fourth-order valence-electron chi connectivity index (χ4n) is 1.30. The van der Waals surface area contributed by atoms with Crippen molar-refractivity contribution in [1.29, 1.82) is 0 Å². The Morgan fingerprint density at radius 2 is 2.06 bits per heavy atom. The van der Waals surface area contributed by atoms with Gasteiger partial charge in [0.1, 0.15) is 18.0 Å². The second kappa shape index (κ2) is 6.00. The predicted molar refractivity (Wildman–Crippen MR) is 76.9 cm³/mol. The molecule has 1 aromatic heterocycles. The molecule has 0 saturated carbocycles. The topological polar surface area (TPSA) is 67.1 Å². The van der Waals surface area contributed by atoms with Gasteiger partial charge in [-0.25, -0.2) is 9.97 Å². The van der Waals surface area contributed by atoms with Gasteiger partial charge in [0.25, 0.3) is 0 Å². The van der Waals surface area contributed by atoms with E-state index in [0.717, 1.165) is 18.2 Å². The SMILES string of the molecule is CC(C)N(C)c1cc(NCC(C)(C)CN)ncn1. The van der Waals surface area contributed by atoms with Gasteiger partial charge in [0, 0.05) is 25.7 Å². The van der Waals surface area contributed by atoms with Gasteiger partial charge in [-0.15, -0.1) is 0 Å². The molecule has 0 bridgehead atoms. The lowest BCUT2D eigenvalue weighted by atomic mass is 9.94. The zero-order valence-electron chi connectivity index (χ0n) is 12.1. The third-order valence-electron chi connectivity index (χ3n) is 3.09. The van der Waals surface area contributed by atoms with E-state index in [9.17, 15) is 0 Å². The van der Waals surface area contributed by atoms with Crippen molar-refractivity contribution in [3.8, 4) is 0 Å². The first-order valence-corrected chi connectivity index (χ1v) is 6.34. The van der Waals surface area contributed by atoms with Crippen molar-refractivity contribution in [2.24, 2.45) is 11.1 Å². The highest BCUT2D eigenvalue weighted by atomic mass is 15.2. The number of hydrogen-bond donors (Lipinski definition) is 2. The van der Waals surface area contributed by atoms with Gasteiger partial charge in [-0.1, -0.05) is 13.8 Å². The van der Waals surface area contributed by atoms with Crippen LogP contribution in [-0.4, -0.2) is 36.1 Å². The number of nitrogens with zero attached hydrogens (tertiary/aromatic N) is 3. The minimum absolute atomic E-state index is 0.0645. The standard InChI is InChI=1S/C13H25N5/c1-10(2)18(5)12-6-11(16-9-17-12)15-8-13(3,4)7-14/h6,9-10H,7-8,14H2,1-5H3,(H,15,16,17). The minimum Gasteiger partial charge on any atom is -0.369 e. The average Bonchev–Trinajstić information content (AvgIpc) is 2.36. The zero-order chi connectivity index (χ0) is 13.8. The van der Waals surface area contributed by atoms with E-state index in [-0.39, 0.29) is 5.41 Å². The Bertz CT molecular complexity index is 375. The molecule has 0 fully saturated rings. The van der Waals surface area contributed by atoms with Crippen LogP contribution >= 0.6 is 0 Å². The lowest BCUT2D eigenvalue weighted by Crippen LogP contribution is -2.31. The van der Waals surface area contributed by atoms with E-state index < -0.39 is 0 Å². The Kier molecular flexibility index (Phi) is 4.90. The molecule has 1 rings (SSSR count). The highest BCUT2D eigenvalue weighted by molar-refractivity contribution is 5.48. The van der Waals surface area contributed by atoms with E-state index in [1.165, 1.54) is 0 Å². The molecule has 102 valence electrons.